The molecule has 0 aromatic rings. The third-order valence-electron chi connectivity index (χ3n) is 11.9. The summed E-state index contributed by atoms with van der Waals surface area (Å²) in [6.07, 6.45) is 60.3. The summed E-state index contributed by atoms with van der Waals surface area (Å²) in [5, 5.41) is 0. The first-order valence-electron chi connectivity index (χ1n) is 27.0. The lowest BCUT2D eigenvalue weighted by molar-refractivity contribution is -0.167. The Morgan fingerprint density at radius 1 is 0.323 bits per heavy atom. The van der Waals surface area contributed by atoms with Gasteiger partial charge in [-0.1, -0.05) is 224 Å². The van der Waals surface area contributed by atoms with E-state index in [1.54, 1.807) is 0 Å². The fourth-order valence-corrected chi connectivity index (χ4v) is 7.76. The normalized spacial score (nSPS) is 12.2. The smallest absolute Gasteiger partial charge is 0.306 e. The van der Waals surface area contributed by atoms with E-state index in [4.69, 9.17) is 14.2 Å². The summed E-state index contributed by atoms with van der Waals surface area (Å²) in [6, 6.07) is 0. The van der Waals surface area contributed by atoms with Crippen molar-refractivity contribution < 1.29 is 28.6 Å². The monoisotopic (exact) mass is 871 g/mol. The molecule has 1 unspecified atom stereocenters. The molecule has 0 amide bonds. The van der Waals surface area contributed by atoms with E-state index >= 15 is 0 Å². The molecule has 0 rings (SSSR count). The van der Waals surface area contributed by atoms with Crippen molar-refractivity contribution in [2.75, 3.05) is 13.2 Å². The fraction of sp³-hybridized carbons (Fsp3) is 0.839. The lowest BCUT2D eigenvalue weighted by atomic mass is 10.0. The quantitative estimate of drug-likeness (QED) is 0.0262. The summed E-state index contributed by atoms with van der Waals surface area (Å²) in [5.74, 6) is -0.888. The summed E-state index contributed by atoms with van der Waals surface area (Å²) in [4.78, 5) is 37.7. The van der Waals surface area contributed by atoms with E-state index in [0.29, 0.717) is 19.3 Å². The minimum atomic E-state index is -0.770. The zero-order chi connectivity index (χ0) is 45.1. The highest BCUT2D eigenvalue weighted by molar-refractivity contribution is 5.71. The molecule has 0 aromatic heterocycles. The van der Waals surface area contributed by atoms with Gasteiger partial charge >= 0.3 is 17.9 Å². The highest BCUT2D eigenvalue weighted by Crippen LogP contribution is 2.15. The van der Waals surface area contributed by atoms with Crippen LogP contribution in [0.3, 0.4) is 0 Å². The van der Waals surface area contributed by atoms with Crippen LogP contribution in [-0.2, 0) is 28.6 Å². The first kappa shape index (κ1) is 59.6. The van der Waals surface area contributed by atoms with Gasteiger partial charge in [0.1, 0.15) is 13.2 Å². The van der Waals surface area contributed by atoms with Gasteiger partial charge in [0.2, 0.25) is 0 Å². The summed E-state index contributed by atoms with van der Waals surface area (Å²) in [6.45, 7) is 6.55. The Labute approximate surface area is 385 Å². The van der Waals surface area contributed by atoms with Gasteiger partial charge in [-0.2, -0.15) is 0 Å². The number of carbonyl (C=O) groups is 3. The van der Waals surface area contributed by atoms with Crippen LogP contribution in [0.2, 0.25) is 0 Å². The Hall–Kier alpha value is -2.37. The van der Waals surface area contributed by atoms with E-state index in [1.165, 1.54) is 167 Å². The lowest BCUT2D eigenvalue weighted by Crippen LogP contribution is -2.30. The average Bonchev–Trinajstić information content (AvgIpc) is 3.27. The van der Waals surface area contributed by atoms with Crippen LogP contribution < -0.4 is 0 Å². The fourth-order valence-electron chi connectivity index (χ4n) is 7.76. The van der Waals surface area contributed by atoms with Gasteiger partial charge in [0.05, 0.1) is 0 Å². The zero-order valence-electron chi connectivity index (χ0n) is 41.4. The van der Waals surface area contributed by atoms with Crippen molar-refractivity contribution in [3.8, 4) is 0 Å². The van der Waals surface area contributed by atoms with Crippen LogP contribution in [0.25, 0.3) is 0 Å². The van der Waals surface area contributed by atoms with Crippen molar-refractivity contribution in [3.05, 3.63) is 36.5 Å². The second-order valence-corrected chi connectivity index (χ2v) is 18.1. The Bertz CT molecular complexity index is 1050. The SMILES string of the molecule is CCCCCCC/C=C\C/C=C\CCCCCCCCCCCCCCCC(=O)OCC(COC(=O)CCCCCCC)OC(=O)CCCCCCC/C=C\CCCCCCC. The molecule has 0 aliphatic rings. The number of ether oxygens (including phenoxy) is 3. The van der Waals surface area contributed by atoms with Crippen molar-refractivity contribution in [2.24, 2.45) is 0 Å². The summed E-state index contributed by atoms with van der Waals surface area (Å²) in [5.41, 5.74) is 0. The first-order valence-corrected chi connectivity index (χ1v) is 27.0. The average molecular weight is 871 g/mol. The van der Waals surface area contributed by atoms with E-state index in [1.807, 2.05) is 0 Å². The molecule has 0 fully saturated rings. The van der Waals surface area contributed by atoms with Crippen LogP contribution >= 0.6 is 0 Å². The molecule has 6 nitrogen and oxygen atoms in total. The number of carbonyl (C=O) groups excluding carboxylic acids is 3. The first-order chi connectivity index (χ1) is 30.5. The Morgan fingerprint density at radius 3 is 0.903 bits per heavy atom. The van der Waals surface area contributed by atoms with Gasteiger partial charge in [-0.3, -0.25) is 14.4 Å². The van der Waals surface area contributed by atoms with Crippen LogP contribution in [0.4, 0.5) is 0 Å². The van der Waals surface area contributed by atoms with Gasteiger partial charge in [-0.25, -0.2) is 0 Å². The molecule has 0 saturated carbocycles. The predicted octanol–water partition coefficient (Wildman–Crippen LogP) is 17.7. The van der Waals surface area contributed by atoms with Crippen LogP contribution in [0.15, 0.2) is 36.5 Å². The molecular weight excluding hydrogens is 769 g/mol. The Kier molecular flexibility index (Phi) is 49.3. The maximum absolute atomic E-state index is 12.7. The molecule has 62 heavy (non-hydrogen) atoms. The molecule has 0 aliphatic carbocycles. The largest absolute Gasteiger partial charge is 0.462 e. The minimum Gasteiger partial charge on any atom is -0.462 e. The topological polar surface area (TPSA) is 78.9 Å². The van der Waals surface area contributed by atoms with Gasteiger partial charge in [0, 0.05) is 19.3 Å². The maximum Gasteiger partial charge on any atom is 0.306 e. The molecule has 0 aliphatic heterocycles. The molecule has 0 heterocycles. The molecular formula is C56H102O6. The second-order valence-electron chi connectivity index (χ2n) is 18.1. The van der Waals surface area contributed by atoms with Crippen LogP contribution in [0, 0.1) is 0 Å². The third kappa shape index (κ3) is 48.7. The predicted molar refractivity (Wildman–Crippen MR) is 266 cm³/mol. The standard InChI is InChI=1S/C56H102O6/c1-4-7-10-13-15-17-19-21-23-24-25-26-27-28-29-30-31-32-33-35-36-38-40-43-46-49-55(58)61-52-53(51-60-54(57)48-45-42-12-9-6-3)62-56(59)50-47-44-41-39-37-34-22-20-18-16-14-11-8-5-2/h19-22,24-25,53H,4-18,23,26-52H2,1-3H3/b21-19-,22-20-,25-24-. The third-order valence-corrected chi connectivity index (χ3v) is 11.9. The van der Waals surface area contributed by atoms with Gasteiger partial charge in [-0.05, 0) is 77.0 Å². The molecule has 0 bridgehead atoms. The number of allylic oxidation sites excluding steroid dienone is 6. The van der Waals surface area contributed by atoms with Crippen molar-refractivity contribution in [2.45, 2.75) is 290 Å². The van der Waals surface area contributed by atoms with E-state index in [-0.39, 0.29) is 31.1 Å². The van der Waals surface area contributed by atoms with Gasteiger partial charge < -0.3 is 14.2 Å². The molecule has 362 valence electrons. The molecule has 0 spiro atoms. The highest BCUT2D eigenvalue weighted by atomic mass is 16.6. The Morgan fingerprint density at radius 2 is 0.581 bits per heavy atom. The van der Waals surface area contributed by atoms with Gasteiger partial charge in [0.25, 0.3) is 0 Å². The molecule has 0 radical (unpaired) electrons. The second kappa shape index (κ2) is 51.3. The minimum absolute atomic E-state index is 0.0740. The lowest BCUT2D eigenvalue weighted by Gasteiger charge is -2.18. The van der Waals surface area contributed by atoms with E-state index in [0.717, 1.165) is 77.0 Å². The van der Waals surface area contributed by atoms with Gasteiger partial charge in [0.15, 0.2) is 6.10 Å². The van der Waals surface area contributed by atoms with E-state index < -0.39 is 6.10 Å². The zero-order valence-corrected chi connectivity index (χ0v) is 41.4. The molecule has 0 N–H and O–H groups in total. The van der Waals surface area contributed by atoms with Crippen LogP contribution in [0.1, 0.15) is 284 Å². The molecule has 0 aromatic carbocycles. The molecule has 0 saturated heterocycles. The summed E-state index contributed by atoms with van der Waals surface area (Å²) in [7, 11) is 0. The highest BCUT2D eigenvalue weighted by Gasteiger charge is 2.19. The van der Waals surface area contributed by atoms with Gasteiger partial charge in [-0.15, -0.1) is 0 Å². The van der Waals surface area contributed by atoms with Crippen LogP contribution in [-0.4, -0.2) is 37.2 Å². The van der Waals surface area contributed by atoms with E-state index in [9.17, 15) is 14.4 Å². The molecule has 6 heteroatoms. The van der Waals surface area contributed by atoms with Crippen molar-refractivity contribution in [1.29, 1.82) is 0 Å². The van der Waals surface area contributed by atoms with Crippen LogP contribution in [0.5, 0.6) is 0 Å². The number of esters is 3. The number of hydrogen-bond acceptors (Lipinski definition) is 6. The Balaban J connectivity index is 4.05. The summed E-state index contributed by atoms with van der Waals surface area (Å²) >= 11 is 0. The van der Waals surface area contributed by atoms with Crippen molar-refractivity contribution in [3.63, 3.8) is 0 Å². The number of hydrogen-bond donors (Lipinski definition) is 0. The van der Waals surface area contributed by atoms with Crippen molar-refractivity contribution >= 4 is 17.9 Å². The van der Waals surface area contributed by atoms with Crippen molar-refractivity contribution in [1.82, 2.24) is 0 Å². The van der Waals surface area contributed by atoms with E-state index in [2.05, 4.69) is 57.2 Å². The maximum atomic E-state index is 12.7. The summed E-state index contributed by atoms with van der Waals surface area (Å²) < 4.78 is 16.7. The number of unbranched alkanes of at least 4 members (excludes halogenated alkanes) is 32. The molecule has 1 atom stereocenters. The number of rotatable bonds is 49.